The summed E-state index contributed by atoms with van der Waals surface area (Å²) in [6.07, 6.45) is 2.92. The van der Waals surface area contributed by atoms with Gasteiger partial charge in [-0.05, 0) is 12.8 Å². The molecule has 0 spiro atoms. The van der Waals surface area contributed by atoms with E-state index in [2.05, 4.69) is 9.97 Å². The van der Waals surface area contributed by atoms with E-state index in [9.17, 15) is 9.59 Å². The Kier molecular flexibility index (Phi) is 4.57. The quantitative estimate of drug-likeness (QED) is 0.684. The molecule has 0 radical (unpaired) electrons. The highest BCUT2D eigenvalue weighted by atomic mass is 16.5. The van der Waals surface area contributed by atoms with E-state index >= 15 is 0 Å². The Hall–Kier alpha value is -2.09. The van der Waals surface area contributed by atoms with E-state index < -0.39 is 5.97 Å². The summed E-state index contributed by atoms with van der Waals surface area (Å²) in [5, 5.41) is 8.55. The Bertz CT molecular complexity index is 522. The Morgan fingerprint density at radius 3 is 2.90 bits per heavy atom. The lowest BCUT2D eigenvalue weighted by Crippen LogP contribution is -2.39. The van der Waals surface area contributed by atoms with E-state index in [0.29, 0.717) is 18.9 Å². The number of aliphatic carboxylic acids is 1. The molecule has 1 aliphatic rings. The summed E-state index contributed by atoms with van der Waals surface area (Å²) in [6.45, 7) is 1.59. The van der Waals surface area contributed by atoms with Gasteiger partial charge in [0.1, 0.15) is 5.69 Å². The molecule has 0 aliphatic carbocycles. The van der Waals surface area contributed by atoms with Crippen molar-refractivity contribution in [3.8, 4) is 0 Å². The molecule has 0 aromatic carbocycles. The molecular weight excluding hydrogens is 264 g/mol. The van der Waals surface area contributed by atoms with E-state index in [1.54, 1.807) is 0 Å². The van der Waals surface area contributed by atoms with Gasteiger partial charge in [0.05, 0.1) is 25.5 Å². The normalized spacial score (nSPS) is 16.3. The van der Waals surface area contributed by atoms with Crippen LogP contribution in [-0.4, -0.2) is 46.8 Å². The first kappa shape index (κ1) is 14.3. The average molecular weight is 282 g/mol. The van der Waals surface area contributed by atoms with Crippen molar-refractivity contribution in [3.05, 3.63) is 16.7 Å². The van der Waals surface area contributed by atoms with Gasteiger partial charge in [0.2, 0.25) is 0 Å². The summed E-state index contributed by atoms with van der Waals surface area (Å²) in [5.74, 6) is -0.361. The third kappa shape index (κ3) is 3.47. The van der Waals surface area contributed by atoms with Gasteiger partial charge in [0.15, 0.2) is 5.82 Å². The predicted octanol–water partition coefficient (Wildman–Crippen LogP) is -0.188. The number of carboxylic acids is 1. The van der Waals surface area contributed by atoms with Crippen molar-refractivity contribution in [3.63, 3.8) is 0 Å². The zero-order valence-corrected chi connectivity index (χ0v) is 11.0. The van der Waals surface area contributed by atoms with E-state index in [4.69, 9.17) is 15.6 Å². The Morgan fingerprint density at radius 2 is 2.25 bits per heavy atom. The minimum atomic E-state index is -0.858. The van der Waals surface area contributed by atoms with Crippen LogP contribution >= 0.6 is 0 Å². The first-order valence-electron chi connectivity index (χ1n) is 6.49. The maximum atomic E-state index is 11.4. The van der Waals surface area contributed by atoms with Gasteiger partial charge >= 0.3 is 5.97 Å². The third-order valence-electron chi connectivity index (χ3n) is 3.28. The molecule has 0 unspecified atom stereocenters. The van der Waals surface area contributed by atoms with E-state index in [0.717, 1.165) is 12.8 Å². The topological polar surface area (TPSA) is 122 Å². The second-order valence-electron chi connectivity index (χ2n) is 4.67. The molecule has 1 fully saturated rings. The summed E-state index contributed by atoms with van der Waals surface area (Å²) in [7, 11) is 0. The SMILES string of the molecule is Nc1c(N2CCC(OCCC(=O)O)CC2)nc[nH]c1=O. The minimum Gasteiger partial charge on any atom is -0.481 e. The van der Waals surface area contributed by atoms with Crippen molar-refractivity contribution in [2.24, 2.45) is 0 Å². The second kappa shape index (κ2) is 6.38. The number of nitrogens with two attached hydrogens (primary N) is 1. The van der Waals surface area contributed by atoms with E-state index in [1.165, 1.54) is 6.33 Å². The summed E-state index contributed by atoms with van der Waals surface area (Å²) >= 11 is 0. The highest BCUT2D eigenvalue weighted by Gasteiger charge is 2.22. The summed E-state index contributed by atoms with van der Waals surface area (Å²) in [6, 6.07) is 0. The maximum absolute atomic E-state index is 11.4. The molecule has 0 saturated carbocycles. The molecule has 20 heavy (non-hydrogen) atoms. The molecule has 1 aromatic heterocycles. The number of nitrogens with zero attached hydrogens (tertiary/aromatic N) is 2. The summed E-state index contributed by atoms with van der Waals surface area (Å²) in [5.41, 5.74) is 5.50. The van der Waals surface area contributed by atoms with Crippen LogP contribution in [0.1, 0.15) is 19.3 Å². The van der Waals surface area contributed by atoms with Gasteiger partial charge < -0.3 is 25.5 Å². The Balaban J connectivity index is 1.86. The smallest absolute Gasteiger partial charge is 0.305 e. The molecule has 1 aliphatic heterocycles. The lowest BCUT2D eigenvalue weighted by molar-refractivity contribution is -0.138. The van der Waals surface area contributed by atoms with Gasteiger partial charge in [-0.25, -0.2) is 4.98 Å². The van der Waals surface area contributed by atoms with Crippen molar-refractivity contribution < 1.29 is 14.6 Å². The van der Waals surface area contributed by atoms with Crippen molar-refractivity contribution in [1.82, 2.24) is 9.97 Å². The van der Waals surface area contributed by atoms with Crippen molar-refractivity contribution >= 4 is 17.5 Å². The molecule has 4 N–H and O–H groups in total. The number of ether oxygens (including phenoxy) is 1. The number of hydrogen-bond donors (Lipinski definition) is 3. The van der Waals surface area contributed by atoms with Gasteiger partial charge in [-0.1, -0.05) is 0 Å². The molecule has 0 atom stereocenters. The molecule has 8 heteroatoms. The van der Waals surface area contributed by atoms with Crippen LogP contribution in [0.2, 0.25) is 0 Å². The number of nitrogen functional groups attached to an aromatic ring is 1. The Morgan fingerprint density at radius 1 is 1.55 bits per heavy atom. The highest BCUT2D eigenvalue weighted by molar-refractivity contribution is 5.66. The lowest BCUT2D eigenvalue weighted by atomic mass is 10.1. The molecule has 2 rings (SSSR count). The summed E-state index contributed by atoms with van der Waals surface area (Å²) in [4.78, 5) is 30.3. The van der Waals surface area contributed by atoms with Crippen LogP contribution in [-0.2, 0) is 9.53 Å². The molecule has 0 amide bonds. The van der Waals surface area contributed by atoms with E-state index in [-0.39, 0.29) is 30.4 Å². The average Bonchev–Trinajstić information content (AvgIpc) is 2.42. The number of rotatable bonds is 5. The maximum Gasteiger partial charge on any atom is 0.305 e. The number of anilines is 2. The number of carbonyl (C=O) groups is 1. The summed E-state index contributed by atoms with van der Waals surface area (Å²) < 4.78 is 5.50. The molecule has 110 valence electrons. The standard InChI is InChI=1S/C12H18N4O4/c13-10-11(14-7-15-12(10)19)16-4-1-8(2-5-16)20-6-3-9(17)18/h7-8H,1-6,13H2,(H,17,18)(H,14,15,19). The Labute approximate surface area is 115 Å². The monoisotopic (exact) mass is 282 g/mol. The highest BCUT2D eigenvalue weighted by Crippen LogP contribution is 2.22. The molecule has 1 saturated heterocycles. The lowest BCUT2D eigenvalue weighted by Gasteiger charge is -2.32. The zero-order valence-electron chi connectivity index (χ0n) is 11.0. The van der Waals surface area contributed by atoms with Crippen LogP contribution in [0.15, 0.2) is 11.1 Å². The molecule has 2 heterocycles. The number of hydrogen-bond acceptors (Lipinski definition) is 6. The number of aromatic nitrogens is 2. The fourth-order valence-electron chi connectivity index (χ4n) is 2.20. The number of nitrogens with one attached hydrogen (secondary N) is 1. The third-order valence-corrected chi connectivity index (χ3v) is 3.28. The van der Waals surface area contributed by atoms with Gasteiger partial charge in [-0.15, -0.1) is 0 Å². The fourth-order valence-corrected chi connectivity index (χ4v) is 2.20. The number of aromatic amines is 1. The van der Waals surface area contributed by atoms with Crippen LogP contribution in [0.25, 0.3) is 0 Å². The minimum absolute atomic E-state index is 0.0166. The molecular formula is C12H18N4O4. The number of carboxylic acid groups (broad SMARTS) is 1. The zero-order chi connectivity index (χ0) is 14.5. The van der Waals surface area contributed by atoms with Crippen LogP contribution < -0.4 is 16.2 Å². The second-order valence-corrected chi connectivity index (χ2v) is 4.67. The van der Waals surface area contributed by atoms with E-state index in [1.807, 2.05) is 4.90 Å². The molecule has 0 bridgehead atoms. The number of H-pyrrole nitrogens is 1. The van der Waals surface area contributed by atoms with Gasteiger partial charge in [0.25, 0.3) is 5.56 Å². The van der Waals surface area contributed by atoms with Gasteiger partial charge in [-0.2, -0.15) is 0 Å². The first-order valence-corrected chi connectivity index (χ1v) is 6.49. The van der Waals surface area contributed by atoms with Crippen LogP contribution in [0.4, 0.5) is 11.5 Å². The van der Waals surface area contributed by atoms with Crippen molar-refractivity contribution in [2.75, 3.05) is 30.3 Å². The fraction of sp³-hybridized carbons (Fsp3) is 0.583. The van der Waals surface area contributed by atoms with Crippen LogP contribution in [0.3, 0.4) is 0 Å². The first-order chi connectivity index (χ1) is 9.58. The van der Waals surface area contributed by atoms with Gasteiger partial charge in [0, 0.05) is 13.1 Å². The van der Waals surface area contributed by atoms with Gasteiger partial charge in [-0.3, -0.25) is 9.59 Å². The van der Waals surface area contributed by atoms with Crippen molar-refractivity contribution in [2.45, 2.75) is 25.4 Å². The van der Waals surface area contributed by atoms with Crippen LogP contribution in [0, 0.1) is 0 Å². The largest absolute Gasteiger partial charge is 0.481 e. The molecule has 1 aromatic rings. The molecule has 8 nitrogen and oxygen atoms in total. The van der Waals surface area contributed by atoms with Crippen LogP contribution in [0.5, 0.6) is 0 Å². The van der Waals surface area contributed by atoms with Crippen molar-refractivity contribution in [1.29, 1.82) is 0 Å². The predicted molar refractivity (Wildman–Crippen MR) is 72.7 cm³/mol. The number of piperidine rings is 1.